The minimum Gasteiger partial charge on any atom is -0.464 e. The van der Waals surface area contributed by atoms with Gasteiger partial charge in [0.1, 0.15) is 17.7 Å². The van der Waals surface area contributed by atoms with Gasteiger partial charge in [0.25, 0.3) is 0 Å². The van der Waals surface area contributed by atoms with Crippen molar-refractivity contribution < 1.29 is 13.6 Å². The molecular weight excluding hydrogens is 368 g/mol. The number of benzene rings is 2. The van der Waals surface area contributed by atoms with E-state index in [4.69, 9.17) is 14.1 Å². The molecule has 0 aliphatic rings. The Morgan fingerprint density at radius 3 is 2.69 bits per heavy atom. The quantitative estimate of drug-likeness (QED) is 0.412. The lowest BCUT2D eigenvalue weighted by Crippen LogP contribution is -2.24. The standard InChI is InChI=1S/C23H18N2O4/c1-14-16(7-8-22(26)25-10-9-24)23(27)29-21-12-20-18(11-17(14)21)19(13-28-20)15-5-3-2-4-6-15/h2-6,11-13H,7-8,10H2,1H3,(H,25,26). The predicted molar refractivity (Wildman–Crippen MR) is 109 cm³/mol. The second kappa shape index (κ2) is 7.64. The summed E-state index contributed by atoms with van der Waals surface area (Å²) in [6.45, 7) is 1.81. The first-order valence-electron chi connectivity index (χ1n) is 9.25. The van der Waals surface area contributed by atoms with Crippen molar-refractivity contribution in [2.75, 3.05) is 6.54 Å². The van der Waals surface area contributed by atoms with Crippen LogP contribution < -0.4 is 10.9 Å². The molecule has 2 heterocycles. The highest BCUT2D eigenvalue weighted by molar-refractivity contribution is 6.02. The third kappa shape index (κ3) is 3.50. The number of carbonyl (C=O) groups is 1. The van der Waals surface area contributed by atoms with Crippen molar-refractivity contribution in [3.05, 3.63) is 70.3 Å². The largest absolute Gasteiger partial charge is 0.464 e. The zero-order valence-electron chi connectivity index (χ0n) is 15.8. The van der Waals surface area contributed by atoms with Crippen molar-refractivity contribution in [2.45, 2.75) is 19.8 Å². The van der Waals surface area contributed by atoms with Gasteiger partial charge in [-0.05, 0) is 30.5 Å². The fourth-order valence-corrected chi connectivity index (χ4v) is 3.51. The van der Waals surface area contributed by atoms with Crippen LogP contribution in [0.25, 0.3) is 33.1 Å². The highest BCUT2D eigenvalue weighted by Gasteiger charge is 2.16. The molecule has 4 aromatic rings. The lowest BCUT2D eigenvalue weighted by molar-refractivity contribution is -0.120. The summed E-state index contributed by atoms with van der Waals surface area (Å²) in [6.07, 6.45) is 2.06. The smallest absolute Gasteiger partial charge is 0.339 e. The minimum absolute atomic E-state index is 0.0507. The number of fused-ring (bicyclic) bond motifs is 2. The molecule has 0 radical (unpaired) electrons. The average molecular weight is 386 g/mol. The number of aryl methyl sites for hydroxylation is 1. The second-order valence-electron chi connectivity index (χ2n) is 6.79. The molecule has 1 N–H and O–H groups in total. The van der Waals surface area contributed by atoms with E-state index in [0.29, 0.717) is 16.7 Å². The summed E-state index contributed by atoms with van der Waals surface area (Å²) in [5.41, 5.74) is 3.88. The molecule has 6 heteroatoms. The Kier molecular flexibility index (Phi) is 4.88. The number of carbonyl (C=O) groups excluding carboxylic acids is 1. The van der Waals surface area contributed by atoms with Crippen molar-refractivity contribution in [3.63, 3.8) is 0 Å². The van der Waals surface area contributed by atoms with Gasteiger partial charge < -0.3 is 14.2 Å². The maximum atomic E-state index is 12.5. The van der Waals surface area contributed by atoms with Crippen LogP contribution in [0.4, 0.5) is 0 Å². The molecule has 0 saturated heterocycles. The van der Waals surface area contributed by atoms with Gasteiger partial charge in [-0.2, -0.15) is 5.26 Å². The third-order valence-electron chi connectivity index (χ3n) is 5.03. The zero-order valence-corrected chi connectivity index (χ0v) is 15.8. The van der Waals surface area contributed by atoms with E-state index in [9.17, 15) is 9.59 Å². The SMILES string of the molecule is Cc1c(CCC(=O)NCC#N)c(=O)oc2cc3occ(-c4ccccc4)c3cc12. The van der Waals surface area contributed by atoms with Gasteiger partial charge in [0, 0.05) is 34.4 Å². The topological polar surface area (TPSA) is 96.2 Å². The molecular formula is C23H18N2O4. The molecule has 2 aromatic carbocycles. The van der Waals surface area contributed by atoms with Crippen molar-refractivity contribution in [1.29, 1.82) is 5.26 Å². The molecule has 2 aromatic heterocycles. The highest BCUT2D eigenvalue weighted by atomic mass is 16.4. The fraction of sp³-hybridized carbons (Fsp3) is 0.174. The van der Waals surface area contributed by atoms with E-state index in [0.717, 1.165) is 27.5 Å². The first-order valence-corrected chi connectivity index (χ1v) is 9.25. The van der Waals surface area contributed by atoms with Crippen LogP contribution in [-0.2, 0) is 11.2 Å². The Morgan fingerprint density at radius 2 is 1.93 bits per heavy atom. The van der Waals surface area contributed by atoms with E-state index in [-0.39, 0.29) is 25.3 Å². The molecule has 1 amide bonds. The summed E-state index contributed by atoms with van der Waals surface area (Å²) in [4.78, 5) is 24.3. The lowest BCUT2D eigenvalue weighted by Gasteiger charge is -2.08. The number of amides is 1. The van der Waals surface area contributed by atoms with Crippen LogP contribution in [0.1, 0.15) is 17.5 Å². The van der Waals surface area contributed by atoms with Crippen LogP contribution in [0.5, 0.6) is 0 Å². The van der Waals surface area contributed by atoms with Gasteiger partial charge in [-0.15, -0.1) is 0 Å². The van der Waals surface area contributed by atoms with Gasteiger partial charge in [0.05, 0.1) is 12.3 Å². The number of nitriles is 1. The van der Waals surface area contributed by atoms with Crippen molar-refractivity contribution >= 4 is 27.8 Å². The molecule has 29 heavy (non-hydrogen) atoms. The number of nitrogens with one attached hydrogen (secondary N) is 1. The molecule has 4 rings (SSSR count). The van der Waals surface area contributed by atoms with E-state index >= 15 is 0 Å². The summed E-state index contributed by atoms with van der Waals surface area (Å²) >= 11 is 0. The van der Waals surface area contributed by atoms with Gasteiger partial charge in [0.2, 0.25) is 5.91 Å². The van der Waals surface area contributed by atoms with Gasteiger partial charge in [-0.25, -0.2) is 4.79 Å². The van der Waals surface area contributed by atoms with Crippen molar-refractivity contribution in [2.24, 2.45) is 0 Å². The third-order valence-corrected chi connectivity index (χ3v) is 5.03. The summed E-state index contributed by atoms with van der Waals surface area (Å²) < 4.78 is 11.2. The lowest BCUT2D eigenvalue weighted by atomic mass is 9.99. The number of hydrogen-bond donors (Lipinski definition) is 1. The minimum atomic E-state index is -0.461. The first-order chi connectivity index (χ1) is 14.1. The summed E-state index contributed by atoms with van der Waals surface area (Å²) in [7, 11) is 0. The van der Waals surface area contributed by atoms with Gasteiger partial charge in [-0.3, -0.25) is 4.79 Å². The monoisotopic (exact) mass is 386 g/mol. The van der Waals surface area contributed by atoms with Crippen LogP contribution in [0, 0.1) is 18.3 Å². The Labute approximate surface area is 166 Å². The number of furan rings is 1. The van der Waals surface area contributed by atoms with Gasteiger partial charge in [-0.1, -0.05) is 30.3 Å². The zero-order chi connectivity index (χ0) is 20.4. The summed E-state index contributed by atoms with van der Waals surface area (Å²) in [5.74, 6) is -0.276. The normalized spacial score (nSPS) is 10.9. The van der Waals surface area contributed by atoms with Crippen LogP contribution in [-0.4, -0.2) is 12.5 Å². The Bertz CT molecular complexity index is 1310. The number of nitrogens with zero attached hydrogens (tertiary/aromatic N) is 1. The molecule has 6 nitrogen and oxygen atoms in total. The molecule has 0 unspecified atom stereocenters. The van der Waals surface area contributed by atoms with E-state index in [1.807, 2.05) is 49.4 Å². The number of hydrogen-bond acceptors (Lipinski definition) is 5. The first kappa shape index (κ1) is 18.5. The van der Waals surface area contributed by atoms with Crippen molar-refractivity contribution in [3.8, 4) is 17.2 Å². The van der Waals surface area contributed by atoms with Gasteiger partial charge >= 0.3 is 5.63 Å². The predicted octanol–water partition coefficient (Wildman–Crippen LogP) is 4.09. The van der Waals surface area contributed by atoms with E-state index < -0.39 is 5.63 Å². The van der Waals surface area contributed by atoms with E-state index in [1.165, 1.54) is 0 Å². The van der Waals surface area contributed by atoms with Crippen LogP contribution in [0.3, 0.4) is 0 Å². The van der Waals surface area contributed by atoms with Crippen LogP contribution >= 0.6 is 0 Å². The fourth-order valence-electron chi connectivity index (χ4n) is 3.51. The van der Waals surface area contributed by atoms with Crippen LogP contribution in [0.15, 0.2) is 62.4 Å². The Hall–Kier alpha value is -3.85. The molecule has 0 saturated carbocycles. The molecule has 0 spiro atoms. The molecule has 0 fully saturated rings. The number of rotatable bonds is 5. The van der Waals surface area contributed by atoms with E-state index in [1.54, 1.807) is 12.3 Å². The second-order valence-corrected chi connectivity index (χ2v) is 6.79. The van der Waals surface area contributed by atoms with Crippen LogP contribution in [0.2, 0.25) is 0 Å². The molecule has 0 atom stereocenters. The van der Waals surface area contributed by atoms with E-state index in [2.05, 4.69) is 5.32 Å². The molecule has 0 aliphatic heterocycles. The molecule has 144 valence electrons. The Balaban J connectivity index is 1.78. The maximum Gasteiger partial charge on any atom is 0.339 e. The van der Waals surface area contributed by atoms with Crippen molar-refractivity contribution in [1.82, 2.24) is 5.32 Å². The van der Waals surface area contributed by atoms with Gasteiger partial charge in [0.15, 0.2) is 0 Å². The average Bonchev–Trinajstić information content (AvgIpc) is 3.14. The summed E-state index contributed by atoms with van der Waals surface area (Å²) in [5, 5.41) is 12.8. The maximum absolute atomic E-state index is 12.5. The molecule has 0 aliphatic carbocycles. The molecule has 0 bridgehead atoms. The summed E-state index contributed by atoms with van der Waals surface area (Å²) in [6, 6.07) is 15.5. The highest BCUT2D eigenvalue weighted by Crippen LogP contribution is 2.34. The Morgan fingerprint density at radius 1 is 1.14 bits per heavy atom.